The Morgan fingerprint density at radius 1 is 1.18 bits per heavy atom. The Morgan fingerprint density at radius 2 is 1.82 bits per heavy atom. The average Bonchev–Trinajstić information content (AvgIpc) is 1.94. The number of rotatable bonds is 1. The zero-order chi connectivity index (χ0) is 8.43. The monoisotopic (exact) mass is 148 g/mol. The quantitative estimate of drug-likeness (QED) is 0.591. The van der Waals surface area contributed by atoms with Crippen molar-refractivity contribution in [1.82, 2.24) is 0 Å². The molecular weight excluding hydrogens is 135 g/mol. The van der Waals surface area contributed by atoms with Crippen LogP contribution in [0, 0.1) is 13.8 Å². The maximum atomic E-state index is 9.24. The van der Waals surface area contributed by atoms with Crippen LogP contribution >= 0.6 is 0 Å². The fourth-order valence-corrected chi connectivity index (χ4v) is 1.02. The van der Waals surface area contributed by atoms with Crippen molar-refractivity contribution in [3.05, 3.63) is 29.3 Å². The Labute approximate surface area is 68.2 Å². The van der Waals surface area contributed by atoms with Crippen LogP contribution in [0.15, 0.2) is 18.2 Å². The topological polar surface area (TPSA) is 20.2 Å². The van der Waals surface area contributed by atoms with Crippen LogP contribution in [-0.2, 0) is 0 Å². The molecule has 0 bridgehead atoms. The van der Waals surface area contributed by atoms with Crippen molar-refractivity contribution in [2.45, 2.75) is 20.7 Å². The van der Waals surface area contributed by atoms with Gasteiger partial charge < -0.3 is 5.02 Å². The van der Waals surface area contributed by atoms with Crippen molar-refractivity contribution >= 4 is 12.4 Å². The normalized spacial score (nSPS) is 9.82. The third-order valence-corrected chi connectivity index (χ3v) is 2.01. The summed E-state index contributed by atoms with van der Waals surface area (Å²) in [5, 5.41) is 9.24. The van der Waals surface area contributed by atoms with E-state index in [0.29, 0.717) is 0 Å². The lowest BCUT2D eigenvalue weighted by molar-refractivity contribution is 0.594. The largest absolute Gasteiger partial charge is 0.447 e. The van der Waals surface area contributed by atoms with E-state index in [1.54, 1.807) is 6.82 Å². The molecule has 0 aliphatic heterocycles. The van der Waals surface area contributed by atoms with E-state index < -0.39 is 0 Å². The zero-order valence-corrected chi connectivity index (χ0v) is 7.26. The van der Waals surface area contributed by atoms with Crippen molar-refractivity contribution in [2.24, 2.45) is 0 Å². The summed E-state index contributed by atoms with van der Waals surface area (Å²) in [5.41, 5.74) is 3.51. The van der Waals surface area contributed by atoms with Gasteiger partial charge in [0.25, 0.3) is 0 Å². The molecule has 0 unspecified atom stereocenters. The van der Waals surface area contributed by atoms with Crippen LogP contribution in [0.3, 0.4) is 0 Å². The lowest BCUT2D eigenvalue weighted by Gasteiger charge is -2.04. The molecular formula is C9H13BO. The molecule has 0 heterocycles. The van der Waals surface area contributed by atoms with Crippen LogP contribution in [0.2, 0.25) is 6.82 Å². The highest BCUT2D eigenvalue weighted by Crippen LogP contribution is 2.02. The molecule has 1 aromatic rings. The Hall–Kier alpha value is -0.755. The van der Waals surface area contributed by atoms with Gasteiger partial charge in [-0.05, 0) is 30.4 Å². The molecule has 0 aromatic heterocycles. The second kappa shape index (κ2) is 3.10. The van der Waals surface area contributed by atoms with E-state index in [2.05, 4.69) is 13.8 Å². The minimum Gasteiger partial charge on any atom is -0.447 e. The molecule has 1 N–H and O–H groups in total. The SMILES string of the molecule is CB(O)c1ccc(C)c(C)c1. The summed E-state index contributed by atoms with van der Waals surface area (Å²) in [4.78, 5) is 0. The second-order valence-corrected chi connectivity index (χ2v) is 3.02. The van der Waals surface area contributed by atoms with Crippen LogP contribution in [0.1, 0.15) is 11.1 Å². The molecule has 1 aromatic carbocycles. The zero-order valence-electron chi connectivity index (χ0n) is 7.26. The fraction of sp³-hybridized carbons (Fsp3) is 0.333. The highest BCUT2D eigenvalue weighted by atomic mass is 16.2. The Bertz CT molecular complexity index is 256. The van der Waals surface area contributed by atoms with Crippen molar-refractivity contribution in [1.29, 1.82) is 0 Å². The third kappa shape index (κ3) is 1.84. The molecule has 0 aliphatic carbocycles. The van der Waals surface area contributed by atoms with E-state index in [-0.39, 0.29) is 6.92 Å². The maximum absolute atomic E-state index is 9.24. The van der Waals surface area contributed by atoms with E-state index in [9.17, 15) is 5.02 Å². The van der Waals surface area contributed by atoms with Crippen LogP contribution in [0.25, 0.3) is 0 Å². The summed E-state index contributed by atoms with van der Waals surface area (Å²) in [6, 6.07) is 6.03. The van der Waals surface area contributed by atoms with Gasteiger partial charge in [0.1, 0.15) is 0 Å². The summed E-state index contributed by atoms with van der Waals surface area (Å²) in [7, 11) is 0. The molecule has 11 heavy (non-hydrogen) atoms. The lowest BCUT2D eigenvalue weighted by Crippen LogP contribution is -2.26. The van der Waals surface area contributed by atoms with Gasteiger partial charge in [-0.15, -0.1) is 0 Å². The molecule has 0 aliphatic rings. The molecule has 58 valence electrons. The minimum absolute atomic E-state index is 0.353. The first-order valence-corrected chi connectivity index (χ1v) is 3.86. The van der Waals surface area contributed by atoms with E-state index in [1.165, 1.54) is 11.1 Å². The highest BCUT2D eigenvalue weighted by molar-refractivity contribution is 6.64. The molecule has 1 rings (SSSR count). The first-order valence-electron chi connectivity index (χ1n) is 3.86. The third-order valence-electron chi connectivity index (χ3n) is 2.01. The van der Waals surface area contributed by atoms with Crippen LogP contribution in [0.4, 0.5) is 0 Å². The van der Waals surface area contributed by atoms with E-state index in [4.69, 9.17) is 0 Å². The smallest absolute Gasteiger partial charge is 0.320 e. The number of hydrogen-bond donors (Lipinski definition) is 1. The molecule has 0 atom stereocenters. The summed E-state index contributed by atoms with van der Waals surface area (Å²) in [6.07, 6.45) is 0. The molecule has 0 fully saturated rings. The van der Waals surface area contributed by atoms with Crippen molar-refractivity contribution in [3.8, 4) is 0 Å². The fourth-order valence-electron chi connectivity index (χ4n) is 1.02. The molecule has 0 amide bonds. The Balaban J connectivity index is 3.05. The van der Waals surface area contributed by atoms with Gasteiger partial charge in [-0.2, -0.15) is 0 Å². The second-order valence-electron chi connectivity index (χ2n) is 3.02. The van der Waals surface area contributed by atoms with E-state index in [0.717, 1.165) is 5.46 Å². The summed E-state index contributed by atoms with van der Waals surface area (Å²) >= 11 is 0. The van der Waals surface area contributed by atoms with Gasteiger partial charge in [-0.25, -0.2) is 0 Å². The van der Waals surface area contributed by atoms with Gasteiger partial charge in [-0.3, -0.25) is 0 Å². The Kier molecular flexibility index (Phi) is 2.35. The average molecular weight is 148 g/mol. The molecule has 0 saturated carbocycles. The number of aryl methyl sites for hydroxylation is 2. The van der Waals surface area contributed by atoms with Gasteiger partial charge in [0.2, 0.25) is 0 Å². The first-order chi connectivity index (χ1) is 5.11. The van der Waals surface area contributed by atoms with Crippen molar-refractivity contribution in [3.63, 3.8) is 0 Å². The van der Waals surface area contributed by atoms with Crippen LogP contribution < -0.4 is 5.46 Å². The van der Waals surface area contributed by atoms with Crippen molar-refractivity contribution in [2.75, 3.05) is 0 Å². The lowest BCUT2D eigenvalue weighted by atomic mass is 9.64. The van der Waals surface area contributed by atoms with Gasteiger partial charge in [-0.1, -0.05) is 25.0 Å². The van der Waals surface area contributed by atoms with Crippen LogP contribution in [-0.4, -0.2) is 11.9 Å². The predicted octanol–water partition coefficient (Wildman–Crippen LogP) is 1.12. The molecule has 2 heteroatoms. The predicted molar refractivity (Wildman–Crippen MR) is 49.4 cm³/mol. The van der Waals surface area contributed by atoms with E-state index >= 15 is 0 Å². The van der Waals surface area contributed by atoms with Gasteiger partial charge in [0.05, 0.1) is 0 Å². The number of hydrogen-bond acceptors (Lipinski definition) is 1. The summed E-state index contributed by atoms with van der Waals surface area (Å²) in [6.45, 7) is 5.56. The summed E-state index contributed by atoms with van der Waals surface area (Å²) in [5.74, 6) is 0. The van der Waals surface area contributed by atoms with Crippen LogP contribution in [0.5, 0.6) is 0 Å². The molecule has 0 spiro atoms. The summed E-state index contributed by atoms with van der Waals surface area (Å²) < 4.78 is 0. The molecule has 1 nitrogen and oxygen atoms in total. The minimum atomic E-state index is -0.353. The molecule has 0 saturated heterocycles. The standard InChI is InChI=1S/C9H13BO/c1-7-4-5-9(10(3)11)6-8(7)2/h4-6,11H,1-3H3. The maximum Gasteiger partial charge on any atom is 0.320 e. The van der Waals surface area contributed by atoms with Gasteiger partial charge in [0.15, 0.2) is 0 Å². The van der Waals surface area contributed by atoms with E-state index in [1.807, 2.05) is 18.2 Å². The Morgan fingerprint density at radius 3 is 2.27 bits per heavy atom. The highest BCUT2D eigenvalue weighted by Gasteiger charge is 2.05. The number of benzene rings is 1. The van der Waals surface area contributed by atoms with Crippen molar-refractivity contribution < 1.29 is 5.02 Å². The first kappa shape index (κ1) is 8.34. The molecule has 0 radical (unpaired) electrons. The van der Waals surface area contributed by atoms with Gasteiger partial charge in [0, 0.05) is 0 Å². The van der Waals surface area contributed by atoms with Gasteiger partial charge >= 0.3 is 6.92 Å².